The number of thiophene rings is 2. The minimum absolute atomic E-state index is 0.0398. The van der Waals surface area contributed by atoms with Gasteiger partial charge in [0, 0.05) is 62.6 Å². The van der Waals surface area contributed by atoms with E-state index < -0.39 is 62.2 Å². The predicted octanol–water partition coefficient (Wildman–Crippen LogP) is 12.8. The molecule has 0 spiro atoms. The lowest BCUT2D eigenvalue weighted by atomic mass is 9.84. The lowest BCUT2D eigenvalue weighted by molar-refractivity contribution is -0.539. The standard InChI is InChI=1S/C49H44F6N4O4S2/c1-25-37(27-11-15-29(16-12-27)41-56(60)43(3,4)44(5,6)57(41)61)33-21-19-31(23-35(33)64-25)39-40(48(52,53)49(54,55)47(39,50)51)32-20-22-34-36(24-32)65-26(2)38(34)28-13-17-30(18-14-28)42-58(62)45(7,8)46(9,10)59(42)63/h11-24H,1-10H3. The van der Waals surface area contributed by atoms with Gasteiger partial charge in [-0.3, -0.25) is 9.48 Å². The average molecular weight is 931 g/mol. The summed E-state index contributed by atoms with van der Waals surface area (Å²) in [5.41, 5.74) is -4.47. The fourth-order valence-electron chi connectivity index (χ4n) is 9.20. The molecule has 1 aliphatic carbocycles. The van der Waals surface area contributed by atoms with E-state index in [1.165, 1.54) is 46.9 Å². The topological polar surface area (TPSA) is 98.4 Å². The number of hydrogen-bond donors (Lipinski definition) is 0. The number of aryl methyl sites for hydroxylation is 2. The molecule has 0 N–H and O–H groups in total. The number of hydrogen-bond acceptors (Lipinski definition) is 6. The number of halogens is 6. The molecule has 0 saturated heterocycles. The highest BCUT2D eigenvalue weighted by molar-refractivity contribution is 7.20. The smallest absolute Gasteiger partial charge is 0.380 e. The minimum Gasteiger partial charge on any atom is -0.714 e. The number of benzene rings is 4. The maximum absolute atomic E-state index is 16.1. The fraction of sp³-hybridized carbons (Fsp3) is 0.347. The molecule has 0 saturated carbocycles. The molecular formula is C49H44F6N4O4S2. The highest BCUT2D eigenvalue weighted by Gasteiger charge is 2.80. The van der Waals surface area contributed by atoms with Gasteiger partial charge in [0.05, 0.1) is 11.1 Å². The third-order valence-corrected chi connectivity index (χ3v) is 16.8. The zero-order chi connectivity index (χ0) is 47.5. The molecule has 0 unspecified atom stereocenters. The predicted molar refractivity (Wildman–Crippen MR) is 242 cm³/mol. The number of hydroxylamine groups is 6. The van der Waals surface area contributed by atoms with Crippen molar-refractivity contribution in [3.05, 3.63) is 127 Å². The first kappa shape index (κ1) is 44.8. The van der Waals surface area contributed by atoms with Crippen LogP contribution in [0, 0.1) is 24.3 Å². The second-order valence-corrected chi connectivity index (χ2v) is 21.7. The summed E-state index contributed by atoms with van der Waals surface area (Å²) in [4.78, 5) is 1.46. The Morgan fingerprint density at radius 3 is 1.06 bits per heavy atom. The van der Waals surface area contributed by atoms with Gasteiger partial charge in [-0.2, -0.15) is 26.3 Å². The van der Waals surface area contributed by atoms with Crippen molar-refractivity contribution in [1.82, 2.24) is 10.1 Å². The Morgan fingerprint density at radius 2 is 0.769 bits per heavy atom. The summed E-state index contributed by atoms with van der Waals surface area (Å²) in [5.74, 6) is -16.4. The molecule has 0 fully saturated rings. The molecule has 8 nitrogen and oxygen atoms in total. The normalized spacial score (nSPS) is 21.5. The Labute approximate surface area is 379 Å². The summed E-state index contributed by atoms with van der Waals surface area (Å²) in [6, 6.07) is 21.2. The van der Waals surface area contributed by atoms with Crippen LogP contribution < -0.4 is 0 Å². The van der Waals surface area contributed by atoms with E-state index in [4.69, 9.17) is 0 Å². The first-order valence-electron chi connectivity index (χ1n) is 20.8. The van der Waals surface area contributed by atoms with Gasteiger partial charge in [0.15, 0.2) is 11.1 Å². The van der Waals surface area contributed by atoms with Crippen LogP contribution in [-0.4, -0.2) is 71.2 Å². The average Bonchev–Trinajstić information content (AvgIpc) is 3.85. The Kier molecular flexibility index (Phi) is 9.51. The van der Waals surface area contributed by atoms with Gasteiger partial charge in [0.2, 0.25) is 0 Å². The van der Waals surface area contributed by atoms with Crippen LogP contribution in [0.25, 0.3) is 53.6 Å². The van der Waals surface area contributed by atoms with Crippen LogP contribution >= 0.6 is 22.7 Å². The second kappa shape index (κ2) is 13.8. The molecule has 9 rings (SSSR count). The van der Waals surface area contributed by atoms with Crippen molar-refractivity contribution in [3.63, 3.8) is 0 Å². The van der Waals surface area contributed by atoms with Gasteiger partial charge < -0.3 is 10.4 Å². The Hall–Kier alpha value is -5.42. The molecule has 2 aromatic heterocycles. The fourth-order valence-corrected chi connectivity index (χ4v) is 11.5. The highest BCUT2D eigenvalue weighted by atomic mass is 32.1. The van der Waals surface area contributed by atoms with E-state index in [9.17, 15) is 20.8 Å². The lowest BCUT2D eigenvalue weighted by Crippen LogP contribution is -2.53. The molecule has 0 atom stereocenters. The lowest BCUT2D eigenvalue weighted by Gasteiger charge is -2.32. The van der Waals surface area contributed by atoms with Crippen LogP contribution in [0.3, 0.4) is 0 Å². The molecular weight excluding hydrogens is 887 g/mol. The van der Waals surface area contributed by atoms with E-state index in [0.717, 1.165) is 21.9 Å². The number of nitrogens with zero attached hydrogens (tertiary/aromatic N) is 4. The SMILES string of the molecule is Cc1sc2cc(C3=C(c4ccc5c(-c6ccc(C7=[N+]([O-])C(C)(C)C(C)(C)N7[O])cc6)c(C)sc5c4)C(F)(F)C(F)(F)C3(F)F)ccc2c1-c1ccc(C2=[N+]([O-])C(C)(C)C(C)(C)N2[O])cc1. The Bertz CT molecular complexity index is 2900. The monoisotopic (exact) mass is 930 g/mol. The van der Waals surface area contributed by atoms with Crippen LogP contribution in [0.15, 0.2) is 84.9 Å². The molecule has 65 heavy (non-hydrogen) atoms. The molecule has 4 aromatic carbocycles. The first-order chi connectivity index (χ1) is 30.0. The van der Waals surface area contributed by atoms with Crippen molar-refractivity contribution in [1.29, 1.82) is 0 Å². The molecule has 3 aliphatic rings. The van der Waals surface area contributed by atoms with Crippen LogP contribution in [0.2, 0.25) is 0 Å². The van der Waals surface area contributed by atoms with Crippen molar-refractivity contribution in [2.75, 3.05) is 0 Å². The summed E-state index contributed by atoms with van der Waals surface area (Å²) in [5, 5.41) is 55.6. The van der Waals surface area contributed by atoms with Crippen LogP contribution in [-0.2, 0) is 10.4 Å². The summed E-state index contributed by atoms with van der Waals surface area (Å²) in [7, 11) is 0. The highest BCUT2D eigenvalue weighted by Crippen LogP contribution is 2.65. The van der Waals surface area contributed by atoms with E-state index >= 15 is 26.3 Å². The van der Waals surface area contributed by atoms with Crippen LogP contribution in [0.5, 0.6) is 0 Å². The van der Waals surface area contributed by atoms with Gasteiger partial charge in [0.1, 0.15) is 11.1 Å². The summed E-state index contributed by atoms with van der Waals surface area (Å²) in [6.07, 6.45) is 0. The third kappa shape index (κ3) is 5.75. The quantitative estimate of drug-likeness (QED) is 0.0943. The largest absolute Gasteiger partial charge is 0.714 e. The zero-order valence-electron chi connectivity index (χ0n) is 37.1. The molecule has 0 bridgehead atoms. The van der Waals surface area contributed by atoms with E-state index in [0.29, 0.717) is 73.2 Å². The van der Waals surface area contributed by atoms with Gasteiger partial charge in [0.25, 0.3) is 0 Å². The minimum atomic E-state index is -5.76. The molecule has 338 valence electrons. The van der Waals surface area contributed by atoms with Crippen molar-refractivity contribution in [2.24, 2.45) is 0 Å². The number of fused-ring (bicyclic) bond motifs is 2. The van der Waals surface area contributed by atoms with Gasteiger partial charge >= 0.3 is 29.4 Å². The molecule has 2 radical (unpaired) electrons. The Balaban J connectivity index is 1.10. The van der Waals surface area contributed by atoms with E-state index in [1.807, 2.05) is 0 Å². The van der Waals surface area contributed by atoms with E-state index in [2.05, 4.69) is 0 Å². The first-order valence-corrected chi connectivity index (χ1v) is 22.5. The van der Waals surface area contributed by atoms with Crippen molar-refractivity contribution < 1.29 is 46.2 Å². The third-order valence-electron chi connectivity index (χ3n) is 14.6. The van der Waals surface area contributed by atoms with Crippen molar-refractivity contribution in [3.8, 4) is 22.3 Å². The Morgan fingerprint density at radius 1 is 0.477 bits per heavy atom. The number of amidine groups is 2. The van der Waals surface area contributed by atoms with Crippen molar-refractivity contribution >= 4 is 65.7 Å². The summed E-state index contributed by atoms with van der Waals surface area (Å²) < 4.78 is 97.5. The zero-order valence-corrected chi connectivity index (χ0v) is 38.7. The maximum atomic E-state index is 16.1. The molecule has 6 aromatic rings. The molecule has 0 amide bonds. The van der Waals surface area contributed by atoms with Gasteiger partial charge in [-0.25, -0.2) is 0 Å². The molecule has 2 aliphatic heterocycles. The number of alkyl halides is 6. The van der Waals surface area contributed by atoms with Gasteiger partial charge in [-0.15, -0.1) is 22.7 Å². The van der Waals surface area contributed by atoms with Gasteiger partial charge in [-0.05, 0) is 128 Å². The maximum Gasteiger partial charge on any atom is 0.380 e. The second-order valence-electron chi connectivity index (χ2n) is 19.2. The number of rotatable bonds is 6. The van der Waals surface area contributed by atoms with Crippen molar-refractivity contribution in [2.45, 2.75) is 109 Å². The van der Waals surface area contributed by atoms with Crippen LogP contribution in [0.1, 0.15) is 87.4 Å². The molecule has 4 heterocycles. The van der Waals surface area contributed by atoms with Gasteiger partial charge in [-0.1, -0.05) is 58.7 Å². The summed E-state index contributed by atoms with van der Waals surface area (Å²) in [6.45, 7) is 17.1. The van der Waals surface area contributed by atoms with E-state index in [1.54, 1.807) is 118 Å². The van der Waals surface area contributed by atoms with E-state index in [-0.39, 0.29) is 11.7 Å². The van der Waals surface area contributed by atoms with Crippen LogP contribution in [0.4, 0.5) is 26.3 Å². The number of allylic oxidation sites excluding steroid dienone is 2. The molecule has 16 heteroatoms. The summed E-state index contributed by atoms with van der Waals surface area (Å²) >= 11 is 2.37.